The van der Waals surface area contributed by atoms with Crippen molar-refractivity contribution >= 4 is 11.7 Å². The lowest BCUT2D eigenvalue weighted by molar-refractivity contribution is 0.533. The van der Waals surface area contributed by atoms with Crippen LogP contribution in [0.15, 0.2) is 6.20 Å². The fourth-order valence-electron chi connectivity index (χ4n) is 1.98. The Kier molecular flexibility index (Phi) is 8.18. The minimum Gasteiger partial charge on any atom is -0.323 e. The summed E-state index contributed by atoms with van der Waals surface area (Å²) in [5, 5.41) is 0. The molecule has 98 valence electrons. The van der Waals surface area contributed by atoms with Crippen LogP contribution >= 0.6 is 11.7 Å². The molecule has 1 unspecified atom stereocenters. The molecule has 3 nitrogen and oxygen atoms in total. The zero-order chi connectivity index (χ0) is 12.3. The molecule has 1 atom stereocenters. The Hall–Kier alpha value is -0.480. The van der Waals surface area contributed by atoms with Crippen molar-refractivity contribution in [3.63, 3.8) is 0 Å². The summed E-state index contributed by atoms with van der Waals surface area (Å²) in [6.07, 6.45) is 13.6. The Bertz CT molecular complexity index is 262. The van der Waals surface area contributed by atoms with Crippen LogP contribution in [0.3, 0.4) is 0 Å². The summed E-state index contributed by atoms with van der Waals surface area (Å²) in [5.74, 6) is 0. The first-order valence-electron chi connectivity index (χ1n) is 6.87. The molecule has 0 saturated heterocycles. The van der Waals surface area contributed by atoms with Crippen LogP contribution in [0.5, 0.6) is 0 Å². The number of unbranched alkanes of at least 4 members (excludes halogenated alkanes) is 7. The minimum absolute atomic E-state index is 0.0915. The van der Waals surface area contributed by atoms with E-state index in [-0.39, 0.29) is 6.04 Å². The van der Waals surface area contributed by atoms with Gasteiger partial charge in [0.25, 0.3) is 0 Å². The van der Waals surface area contributed by atoms with E-state index in [1.165, 1.54) is 63.1 Å². The SMILES string of the molecule is CCCCCCCCCCC(N)c1cnsn1. The predicted molar refractivity (Wildman–Crippen MR) is 74.1 cm³/mol. The molecule has 2 N–H and O–H groups in total. The lowest BCUT2D eigenvalue weighted by atomic mass is 10.0. The van der Waals surface area contributed by atoms with Crippen LogP contribution in [0, 0.1) is 0 Å². The van der Waals surface area contributed by atoms with E-state index in [4.69, 9.17) is 5.73 Å². The van der Waals surface area contributed by atoms with Crippen molar-refractivity contribution in [2.75, 3.05) is 0 Å². The third kappa shape index (κ3) is 6.74. The van der Waals surface area contributed by atoms with Gasteiger partial charge in [-0.25, -0.2) is 0 Å². The van der Waals surface area contributed by atoms with Gasteiger partial charge < -0.3 is 5.73 Å². The molecule has 0 spiro atoms. The van der Waals surface area contributed by atoms with E-state index in [1.54, 1.807) is 6.20 Å². The van der Waals surface area contributed by atoms with Crippen molar-refractivity contribution in [1.29, 1.82) is 0 Å². The van der Waals surface area contributed by atoms with Gasteiger partial charge in [0, 0.05) is 6.04 Å². The molecule has 0 bridgehead atoms. The van der Waals surface area contributed by atoms with E-state index in [0.717, 1.165) is 12.1 Å². The molecule has 0 radical (unpaired) electrons. The summed E-state index contributed by atoms with van der Waals surface area (Å²) < 4.78 is 8.15. The fourth-order valence-corrected chi connectivity index (χ4v) is 2.46. The normalized spacial score (nSPS) is 12.8. The van der Waals surface area contributed by atoms with Crippen molar-refractivity contribution in [3.05, 3.63) is 11.9 Å². The maximum absolute atomic E-state index is 6.02. The van der Waals surface area contributed by atoms with Crippen molar-refractivity contribution < 1.29 is 0 Å². The van der Waals surface area contributed by atoms with Gasteiger partial charge in [0.05, 0.1) is 23.6 Å². The van der Waals surface area contributed by atoms with Crippen LogP contribution in [0.4, 0.5) is 0 Å². The summed E-state index contributed by atoms with van der Waals surface area (Å²) in [6, 6.07) is 0.0915. The summed E-state index contributed by atoms with van der Waals surface area (Å²) in [6.45, 7) is 2.26. The van der Waals surface area contributed by atoms with Crippen LogP contribution in [0.1, 0.15) is 76.4 Å². The molecule has 1 rings (SSSR count). The Morgan fingerprint density at radius 1 is 1.12 bits per heavy atom. The van der Waals surface area contributed by atoms with Crippen LogP contribution in [0.25, 0.3) is 0 Å². The highest BCUT2D eigenvalue weighted by Crippen LogP contribution is 2.16. The van der Waals surface area contributed by atoms with Gasteiger partial charge in [-0.3, -0.25) is 0 Å². The number of rotatable bonds is 10. The quantitative estimate of drug-likeness (QED) is 0.641. The molecule has 17 heavy (non-hydrogen) atoms. The molecule has 1 aromatic rings. The Morgan fingerprint density at radius 2 is 1.76 bits per heavy atom. The van der Waals surface area contributed by atoms with Gasteiger partial charge in [0.1, 0.15) is 0 Å². The highest BCUT2D eigenvalue weighted by atomic mass is 32.1. The molecule has 0 fully saturated rings. The smallest absolute Gasteiger partial charge is 0.0910 e. The van der Waals surface area contributed by atoms with E-state index >= 15 is 0 Å². The summed E-state index contributed by atoms with van der Waals surface area (Å²) in [4.78, 5) is 0. The van der Waals surface area contributed by atoms with Gasteiger partial charge in [0.15, 0.2) is 0 Å². The lowest BCUT2D eigenvalue weighted by Gasteiger charge is -2.07. The van der Waals surface area contributed by atoms with Crippen LogP contribution < -0.4 is 5.73 Å². The van der Waals surface area contributed by atoms with Gasteiger partial charge in [-0.05, 0) is 6.42 Å². The second-order valence-electron chi connectivity index (χ2n) is 4.70. The fraction of sp³-hybridized carbons (Fsp3) is 0.846. The van der Waals surface area contributed by atoms with Gasteiger partial charge in [-0.2, -0.15) is 8.75 Å². The maximum atomic E-state index is 6.02. The van der Waals surface area contributed by atoms with Crippen LogP contribution in [0.2, 0.25) is 0 Å². The molecule has 0 amide bonds. The van der Waals surface area contributed by atoms with E-state index < -0.39 is 0 Å². The topological polar surface area (TPSA) is 51.8 Å². The number of aromatic nitrogens is 2. The number of hydrogen-bond donors (Lipinski definition) is 1. The molecule has 1 aromatic heterocycles. The zero-order valence-corrected chi connectivity index (χ0v) is 11.7. The predicted octanol–water partition coefficient (Wildman–Crippen LogP) is 4.07. The third-order valence-corrected chi connectivity index (χ3v) is 3.62. The largest absolute Gasteiger partial charge is 0.323 e. The lowest BCUT2D eigenvalue weighted by Crippen LogP contribution is -2.10. The molecular formula is C13H25N3S. The summed E-state index contributed by atoms with van der Waals surface area (Å²) >= 11 is 1.24. The zero-order valence-electron chi connectivity index (χ0n) is 10.9. The van der Waals surface area contributed by atoms with E-state index in [9.17, 15) is 0 Å². The maximum Gasteiger partial charge on any atom is 0.0910 e. The Morgan fingerprint density at radius 3 is 2.35 bits per heavy atom. The van der Waals surface area contributed by atoms with E-state index in [0.29, 0.717) is 0 Å². The first kappa shape index (κ1) is 14.6. The van der Waals surface area contributed by atoms with Crippen LogP contribution in [-0.2, 0) is 0 Å². The summed E-state index contributed by atoms with van der Waals surface area (Å²) in [7, 11) is 0. The Balaban J connectivity index is 1.90. The first-order valence-corrected chi connectivity index (χ1v) is 7.60. The molecule has 1 heterocycles. The highest BCUT2D eigenvalue weighted by Gasteiger charge is 2.07. The van der Waals surface area contributed by atoms with Crippen LogP contribution in [-0.4, -0.2) is 8.75 Å². The molecule has 0 aliphatic rings. The average molecular weight is 255 g/mol. The van der Waals surface area contributed by atoms with Crippen molar-refractivity contribution in [2.45, 2.75) is 70.8 Å². The average Bonchev–Trinajstić information content (AvgIpc) is 2.86. The molecule has 0 aromatic carbocycles. The number of hydrogen-bond acceptors (Lipinski definition) is 4. The Labute approximate surface area is 109 Å². The van der Waals surface area contributed by atoms with Gasteiger partial charge in [-0.15, -0.1) is 0 Å². The van der Waals surface area contributed by atoms with Crippen molar-refractivity contribution in [3.8, 4) is 0 Å². The molecule has 0 aliphatic carbocycles. The summed E-state index contributed by atoms with van der Waals surface area (Å²) in [5.41, 5.74) is 6.98. The second kappa shape index (κ2) is 9.54. The van der Waals surface area contributed by atoms with E-state index in [2.05, 4.69) is 15.7 Å². The molecule has 0 aliphatic heterocycles. The van der Waals surface area contributed by atoms with Gasteiger partial charge in [-0.1, -0.05) is 58.3 Å². The number of nitrogens with two attached hydrogens (primary N) is 1. The van der Waals surface area contributed by atoms with Gasteiger partial charge >= 0.3 is 0 Å². The standard InChI is InChI=1S/C13H25N3S/c1-2-3-4-5-6-7-8-9-10-12(14)13-11-15-17-16-13/h11-12H,2-10,14H2,1H3. The number of nitrogens with zero attached hydrogens (tertiary/aromatic N) is 2. The highest BCUT2D eigenvalue weighted by molar-refractivity contribution is 6.99. The molecule has 4 heteroatoms. The molecule has 0 saturated carbocycles. The first-order chi connectivity index (χ1) is 8.34. The second-order valence-corrected chi connectivity index (χ2v) is 5.26. The monoisotopic (exact) mass is 255 g/mol. The minimum atomic E-state index is 0.0915. The van der Waals surface area contributed by atoms with E-state index in [1.807, 2.05) is 0 Å². The molecular weight excluding hydrogens is 230 g/mol. The van der Waals surface area contributed by atoms with Crippen molar-refractivity contribution in [1.82, 2.24) is 8.75 Å². The van der Waals surface area contributed by atoms with Gasteiger partial charge in [0.2, 0.25) is 0 Å². The third-order valence-electron chi connectivity index (χ3n) is 3.13. The van der Waals surface area contributed by atoms with Crippen molar-refractivity contribution in [2.24, 2.45) is 5.73 Å².